The largest absolute Gasteiger partial charge is 0.385 e. The molecule has 0 amide bonds. The van der Waals surface area contributed by atoms with Gasteiger partial charge in [0.05, 0.1) is 0 Å². The smallest absolute Gasteiger partial charge is 0.162 e. The molecule has 1 atom stereocenters. The number of aliphatic hydroxyl groups excluding tert-OH is 1. The molecule has 0 radical (unpaired) electrons. The van der Waals surface area contributed by atoms with Crippen LogP contribution < -0.4 is 0 Å². The minimum Gasteiger partial charge on any atom is -0.385 e. The van der Waals surface area contributed by atoms with Crippen LogP contribution in [-0.4, -0.2) is 17.0 Å². The van der Waals surface area contributed by atoms with E-state index in [-0.39, 0.29) is 11.2 Å². The molecule has 1 aromatic rings. The summed E-state index contributed by atoms with van der Waals surface area (Å²) >= 11 is 0. The predicted molar refractivity (Wildman–Crippen MR) is 65.2 cm³/mol. The lowest BCUT2D eigenvalue weighted by molar-refractivity contribution is -0.132. The van der Waals surface area contributed by atoms with E-state index in [0.29, 0.717) is 12.8 Å². The van der Waals surface area contributed by atoms with Gasteiger partial charge in [-0.1, -0.05) is 51.1 Å². The lowest BCUT2D eigenvalue weighted by Gasteiger charge is -2.24. The molecule has 0 saturated heterocycles. The van der Waals surface area contributed by atoms with Gasteiger partial charge in [-0.2, -0.15) is 0 Å². The summed E-state index contributed by atoms with van der Waals surface area (Å²) in [6.07, 6.45) is 0.242. The zero-order valence-electron chi connectivity index (χ0n) is 10.2. The maximum atomic E-state index is 11.7. The number of rotatable bonds is 4. The molecule has 2 nitrogen and oxygen atoms in total. The van der Waals surface area contributed by atoms with Crippen molar-refractivity contribution in [3.63, 3.8) is 0 Å². The lowest BCUT2D eigenvalue weighted by atomic mass is 9.85. The van der Waals surface area contributed by atoms with E-state index in [1.807, 2.05) is 51.1 Å². The first-order valence-electron chi connectivity index (χ1n) is 5.66. The first kappa shape index (κ1) is 12.9. The van der Waals surface area contributed by atoms with Crippen molar-refractivity contribution in [3.05, 3.63) is 35.9 Å². The topological polar surface area (TPSA) is 37.3 Å². The van der Waals surface area contributed by atoms with Gasteiger partial charge < -0.3 is 5.11 Å². The maximum Gasteiger partial charge on any atom is 0.162 e. The van der Waals surface area contributed by atoms with E-state index in [0.717, 1.165) is 5.56 Å². The highest BCUT2D eigenvalue weighted by Crippen LogP contribution is 2.21. The number of carbonyl (C=O) groups is 1. The minimum atomic E-state index is -0.865. The fourth-order valence-corrected chi connectivity index (χ4v) is 1.53. The van der Waals surface area contributed by atoms with Crippen LogP contribution >= 0.6 is 0 Å². The molecule has 88 valence electrons. The van der Waals surface area contributed by atoms with Crippen LogP contribution in [0.2, 0.25) is 0 Å². The third-order valence-electron chi connectivity index (χ3n) is 2.63. The molecule has 0 spiro atoms. The number of aryl methyl sites for hydroxylation is 1. The van der Waals surface area contributed by atoms with E-state index in [1.165, 1.54) is 0 Å². The Morgan fingerprint density at radius 2 is 1.81 bits per heavy atom. The Balaban J connectivity index is 2.48. The molecule has 0 aliphatic heterocycles. The highest BCUT2D eigenvalue weighted by atomic mass is 16.3. The van der Waals surface area contributed by atoms with Gasteiger partial charge >= 0.3 is 0 Å². The van der Waals surface area contributed by atoms with Gasteiger partial charge in [0.2, 0.25) is 0 Å². The van der Waals surface area contributed by atoms with Gasteiger partial charge in [-0.05, 0) is 17.4 Å². The van der Waals surface area contributed by atoms with Crippen LogP contribution in [0.25, 0.3) is 0 Å². The van der Waals surface area contributed by atoms with Crippen LogP contribution in [0.5, 0.6) is 0 Å². The van der Waals surface area contributed by atoms with E-state index in [2.05, 4.69) is 0 Å². The van der Waals surface area contributed by atoms with Crippen molar-refractivity contribution < 1.29 is 9.90 Å². The standard InChI is InChI=1S/C14H20O2/c1-14(2,3)13(16)12(15)10-9-11-7-5-4-6-8-11/h4-8,13,16H,9-10H2,1-3H3. The van der Waals surface area contributed by atoms with Gasteiger partial charge in [-0.25, -0.2) is 0 Å². The molecule has 0 fully saturated rings. The second kappa shape index (κ2) is 5.26. The Labute approximate surface area is 97.3 Å². The second-order valence-electron chi connectivity index (χ2n) is 5.22. The summed E-state index contributed by atoms with van der Waals surface area (Å²) in [5.74, 6) is -0.0728. The third kappa shape index (κ3) is 3.78. The molecular weight excluding hydrogens is 200 g/mol. The van der Waals surface area contributed by atoms with Crippen LogP contribution in [0.4, 0.5) is 0 Å². The zero-order chi connectivity index (χ0) is 12.2. The number of hydrogen-bond donors (Lipinski definition) is 1. The third-order valence-corrected chi connectivity index (χ3v) is 2.63. The van der Waals surface area contributed by atoms with E-state index < -0.39 is 6.10 Å². The Morgan fingerprint density at radius 1 is 1.25 bits per heavy atom. The average molecular weight is 220 g/mol. The first-order valence-corrected chi connectivity index (χ1v) is 5.66. The summed E-state index contributed by atoms with van der Waals surface area (Å²) < 4.78 is 0. The van der Waals surface area contributed by atoms with Crippen LogP contribution in [-0.2, 0) is 11.2 Å². The Bertz CT molecular complexity index is 336. The number of ketones is 1. The molecule has 2 heteroatoms. The SMILES string of the molecule is CC(C)(C)C(O)C(=O)CCc1ccccc1. The van der Waals surface area contributed by atoms with Crippen LogP contribution in [0.1, 0.15) is 32.8 Å². The summed E-state index contributed by atoms with van der Waals surface area (Å²) in [6, 6.07) is 9.86. The molecule has 0 aliphatic carbocycles. The maximum absolute atomic E-state index is 11.7. The molecule has 0 aromatic heterocycles. The van der Waals surface area contributed by atoms with Crippen molar-refractivity contribution in [2.45, 2.75) is 39.7 Å². The van der Waals surface area contributed by atoms with Crippen molar-refractivity contribution in [1.82, 2.24) is 0 Å². The highest BCUT2D eigenvalue weighted by Gasteiger charge is 2.28. The normalized spacial score (nSPS) is 13.5. The number of hydrogen-bond acceptors (Lipinski definition) is 2. The highest BCUT2D eigenvalue weighted by molar-refractivity contribution is 5.83. The summed E-state index contributed by atoms with van der Waals surface area (Å²) in [7, 11) is 0. The van der Waals surface area contributed by atoms with Crippen molar-refractivity contribution in [2.75, 3.05) is 0 Å². The molecule has 0 bridgehead atoms. The first-order chi connectivity index (χ1) is 7.41. The van der Waals surface area contributed by atoms with Crippen molar-refractivity contribution in [1.29, 1.82) is 0 Å². The fourth-order valence-electron chi connectivity index (χ4n) is 1.53. The van der Waals surface area contributed by atoms with Crippen molar-refractivity contribution >= 4 is 5.78 Å². The molecular formula is C14H20O2. The van der Waals surface area contributed by atoms with Crippen LogP contribution in [0.3, 0.4) is 0 Å². The van der Waals surface area contributed by atoms with Gasteiger partial charge in [0.25, 0.3) is 0 Å². The summed E-state index contributed by atoms with van der Waals surface area (Å²) in [4.78, 5) is 11.7. The Kier molecular flexibility index (Phi) is 4.25. The molecule has 0 aliphatic rings. The molecule has 1 N–H and O–H groups in total. The quantitative estimate of drug-likeness (QED) is 0.846. The Hall–Kier alpha value is -1.15. The number of Topliss-reactive ketones (excluding diaryl/α,β-unsaturated/α-hetero) is 1. The fraction of sp³-hybridized carbons (Fsp3) is 0.500. The van der Waals surface area contributed by atoms with Crippen LogP contribution in [0, 0.1) is 5.41 Å². The van der Waals surface area contributed by atoms with Crippen LogP contribution in [0.15, 0.2) is 30.3 Å². The summed E-state index contributed by atoms with van der Waals surface area (Å²) in [6.45, 7) is 5.62. The number of benzene rings is 1. The lowest BCUT2D eigenvalue weighted by Crippen LogP contribution is -2.34. The van der Waals surface area contributed by atoms with E-state index >= 15 is 0 Å². The monoisotopic (exact) mass is 220 g/mol. The van der Waals surface area contributed by atoms with E-state index in [9.17, 15) is 9.90 Å². The van der Waals surface area contributed by atoms with Gasteiger partial charge in [0, 0.05) is 6.42 Å². The zero-order valence-corrected chi connectivity index (χ0v) is 10.2. The number of carbonyl (C=O) groups excluding carboxylic acids is 1. The van der Waals surface area contributed by atoms with Gasteiger partial charge in [-0.3, -0.25) is 4.79 Å². The molecule has 0 heterocycles. The second-order valence-corrected chi connectivity index (χ2v) is 5.22. The van der Waals surface area contributed by atoms with Gasteiger partial charge in [0.15, 0.2) is 5.78 Å². The van der Waals surface area contributed by atoms with Gasteiger partial charge in [-0.15, -0.1) is 0 Å². The molecule has 1 aromatic carbocycles. The number of aliphatic hydroxyl groups is 1. The van der Waals surface area contributed by atoms with E-state index in [1.54, 1.807) is 0 Å². The molecule has 0 saturated carbocycles. The molecule has 1 unspecified atom stereocenters. The molecule has 16 heavy (non-hydrogen) atoms. The summed E-state index contributed by atoms with van der Waals surface area (Å²) in [5, 5.41) is 9.78. The van der Waals surface area contributed by atoms with Crippen molar-refractivity contribution in [3.8, 4) is 0 Å². The minimum absolute atomic E-state index is 0.0728. The van der Waals surface area contributed by atoms with Gasteiger partial charge in [0.1, 0.15) is 6.10 Å². The van der Waals surface area contributed by atoms with E-state index in [4.69, 9.17) is 0 Å². The molecule has 1 rings (SSSR count). The van der Waals surface area contributed by atoms with Crippen molar-refractivity contribution in [2.24, 2.45) is 5.41 Å². The predicted octanol–water partition coefficient (Wildman–Crippen LogP) is 2.60. The Morgan fingerprint density at radius 3 is 2.31 bits per heavy atom. The summed E-state index contributed by atoms with van der Waals surface area (Å²) in [5.41, 5.74) is 0.769. The average Bonchev–Trinajstić information content (AvgIpc) is 2.25.